The van der Waals surface area contributed by atoms with Gasteiger partial charge in [-0.25, -0.2) is 0 Å². The summed E-state index contributed by atoms with van der Waals surface area (Å²) >= 11 is 1.65. The van der Waals surface area contributed by atoms with Gasteiger partial charge in [-0.05, 0) is 52.8 Å². The normalized spacial score (nSPS) is 12.0. The molecule has 4 nitrogen and oxygen atoms in total. The fraction of sp³-hybridized carbons (Fsp3) is 0.250. The lowest BCUT2D eigenvalue weighted by atomic mass is 10.0. The van der Waals surface area contributed by atoms with E-state index in [1.54, 1.807) is 11.8 Å². The summed E-state index contributed by atoms with van der Waals surface area (Å²) in [6.07, 6.45) is 2.25. The zero-order valence-corrected chi connectivity index (χ0v) is 17.8. The van der Waals surface area contributed by atoms with Crippen LogP contribution in [0, 0.1) is 5.92 Å². The molecule has 0 aliphatic carbocycles. The molecule has 0 aliphatic rings. The highest BCUT2D eigenvalue weighted by Gasteiger charge is 2.24. The van der Waals surface area contributed by atoms with E-state index in [0.29, 0.717) is 0 Å². The van der Waals surface area contributed by atoms with Crippen LogP contribution in [-0.4, -0.2) is 24.1 Å². The Labute approximate surface area is 176 Å². The van der Waals surface area contributed by atoms with Crippen LogP contribution in [0.5, 0.6) is 0 Å². The van der Waals surface area contributed by atoms with Gasteiger partial charge >= 0.3 is 0 Å². The molecular weight excluding hydrogens is 380 g/mol. The number of carbonyl (C=O) groups excluding carboxylic acids is 2. The SMILES string of the molecule is CSc1ccc(NC(=O)C(NC(=O)Cc2ccc3ccccc3c2)C(C)C)cc1. The maximum atomic E-state index is 12.7. The molecule has 0 saturated heterocycles. The molecule has 0 bridgehead atoms. The van der Waals surface area contributed by atoms with E-state index in [1.165, 1.54) is 0 Å². The Kier molecular flexibility index (Phi) is 6.94. The number of benzene rings is 3. The van der Waals surface area contributed by atoms with E-state index in [4.69, 9.17) is 0 Å². The predicted molar refractivity (Wildman–Crippen MR) is 121 cm³/mol. The minimum atomic E-state index is -0.594. The number of thioether (sulfide) groups is 1. The van der Waals surface area contributed by atoms with Crippen LogP contribution in [0.15, 0.2) is 71.6 Å². The molecule has 0 aliphatic heterocycles. The van der Waals surface area contributed by atoms with Gasteiger partial charge in [0.15, 0.2) is 0 Å². The van der Waals surface area contributed by atoms with Crippen molar-refractivity contribution >= 4 is 40.0 Å². The first kappa shape index (κ1) is 20.9. The van der Waals surface area contributed by atoms with E-state index in [-0.39, 0.29) is 24.2 Å². The van der Waals surface area contributed by atoms with Crippen molar-refractivity contribution in [2.45, 2.75) is 31.2 Å². The predicted octanol–water partition coefficient (Wildman–Crippen LogP) is 4.88. The first-order valence-electron chi connectivity index (χ1n) is 9.68. The van der Waals surface area contributed by atoms with Crippen molar-refractivity contribution < 1.29 is 9.59 Å². The molecule has 3 aromatic rings. The van der Waals surface area contributed by atoms with Gasteiger partial charge in [-0.15, -0.1) is 11.8 Å². The highest BCUT2D eigenvalue weighted by atomic mass is 32.2. The zero-order valence-electron chi connectivity index (χ0n) is 16.9. The van der Waals surface area contributed by atoms with Crippen LogP contribution in [0.3, 0.4) is 0 Å². The highest BCUT2D eigenvalue weighted by molar-refractivity contribution is 7.98. The van der Waals surface area contributed by atoms with Crippen molar-refractivity contribution in [3.8, 4) is 0 Å². The number of anilines is 1. The average Bonchev–Trinajstić information content (AvgIpc) is 2.72. The number of hydrogen-bond acceptors (Lipinski definition) is 3. The summed E-state index contributed by atoms with van der Waals surface area (Å²) in [5.41, 5.74) is 1.65. The van der Waals surface area contributed by atoms with E-state index >= 15 is 0 Å². The van der Waals surface area contributed by atoms with Gasteiger partial charge in [0.05, 0.1) is 6.42 Å². The third-order valence-electron chi connectivity index (χ3n) is 4.80. The van der Waals surface area contributed by atoms with Crippen molar-refractivity contribution in [2.75, 3.05) is 11.6 Å². The summed E-state index contributed by atoms with van der Waals surface area (Å²) in [7, 11) is 0. The fourth-order valence-electron chi connectivity index (χ4n) is 3.19. The molecule has 1 unspecified atom stereocenters. The summed E-state index contributed by atoms with van der Waals surface area (Å²) in [6, 6.07) is 21.1. The van der Waals surface area contributed by atoms with Gasteiger partial charge in [0, 0.05) is 10.6 Å². The van der Waals surface area contributed by atoms with Gasteiger partial charge in [0.1, 0.15) is 6.04 Å². The lowest BCUT2D eigenvalue weighted by Crippen LogP contribution is -2.47. The minimum absolute atomic E-state index is 0.0268. The minimum Gasteiger partial charge on any atom is -0.344 e. The number of carbonyl (C=O) groups is 2. The molecular formula is C24H26N2O2S. The maximum Gasteiger partial charge on any atom is 0.247 e. The number of fused-ring (bicyclic) bond motifs is 1. The van der Waals surface area contributed by atoms with E-state index in [1.807, 2.05) is 86.8 Å². The van der Waals surface area contributed by atoms with Crippen LogP contribution in [-0.2, 0) is 16.0 Å². The van der Waals surface area contributed by atoms with Crippen molar-refractivity contribution in [1.82, 2.24) is 5.32 Å². The lowest BCUT2D eigenvalue weighted by Gasteiger charge is -2.22. The summed E-state index contributed by atoms with van der Waals surface area (Å²) in [5, 5.41) is 8.05. The van der Waals surface area contributed by atoms with Crippen molar-refractivity contribution in [1.29, 1.82) is 0 Å². The third-order valence-corrected chi connectivity index (χ3v) is 5.55. The molecule has 150 valence electrons. The molecule has 0 saturated carbocycles. The Morgan fingerprint density at radius 3 is 2.28 bits per heavy atom. The topological polar surface area (TPSA) is 58.2 Å². The quantitative estimate of drug-likeness (QED) is 0.550. The zero-order chi connectivity index (χ0) is 20.8. The summed E-state index contributed by atoms with van der Waals surface area (Å²) in [6.45, 7) is 3.86. The largest absolute Gasteiger partial charge is 0.344 e. The van der Waals surface area contributed by atoms with Crippen LogP contribution in [0.4, 0.5) is 5.69 Å². The van der Waals surface area contributed by atoms with Crippen LogP contribution < -0.4 is 10.6 Å². The van der Waals surface area contributed by atoms with Gasteiger partial charge in [0.25, 0.3) is 0 Å². The Morgan fingerprint density at radius 1 is 0.931 bits per heavy atom. The standard InChI is InChI=1S/C24H26N2O2S/c1-16(2)23(24(28)25-20-10-12-21(29-3)13-11-20)26-22(27)15-17-8-9-18-6-4-5-7-19(18)14-17/h4-14,16,23H,15H2,1-3H3,(H,25,28)(H,26,27). The maximum absolute atomic E-state index is 12.7. The summed E-state index contributed by atoms with van der Waals surface area (Å²) in [5.74, 6) is -0.392. The fourth-order valence-corrected chi connectivity index (χ4v) is 3.60. The Balaban J connectivity index is 1.64. The summed E-state index contributed by atoms with van der Waals surface area (Å²) < 4.78 is 0. The Morgan fingerprint density at radius 2 is 1.62 bits per heavy atom. The van der Waals surface area contributed by atoms with Crippen LogP contribution in [0.1, 0.15) is 19.4 Å². The summed E-state index contributed by atoms with van der Waals surface area (Å²) in [4.78, 5) is 26.5. The lowest BCUT2D eigenvalue weighted by molar-refractivity contribution is -0.127. The van der Waals surface area contributed by atoms with Crippen LogP contribution in [0.25, 0.3) is 10.8 Å². The molecule has 3 aromatic carbocycles. The van der Waals surface area contributed by atoms with Gasteiger partial charge in [-0.1, -0.05) is 56.3 Å². The number of hydrogen-bond donors (Lipinski definition) is 2. The number of amides is 2. The van der Waals surface area contributed by atoms with Crippen molar-refractivity contribution in [3.63, 3.8) is 0 Å². The molecule has 0 heterocycles. The molecule has 3 rings (SSSR count). The van der Waals surface area contributed by atoms with E-state index in [0.717, 1.165) is 26.9 Å². The average molecular weight is 407 g/mol. The molecule has 0 radical (unpaired) electrons. The van der Waals surface area contributed by atoms with Crippen molar-refractivity contribution in [2.24, 2.45) is 5.92 Å². The van der Waals surface area contributed by atoms with Gasteiger partial charge in [-0.3, -0.25) is 9.59 Å². The van der Waals surface area contributed by atoms with Crippen LogP contribution >= 0.6 is 11.8 Å². The van der Waals surface area contributed by atoms with E-state index in [2.05, 4.69) is 10.6 Å². The molecule has 0 aromatic heterocycles. The second-order valence-corrected chi connectivity index (χ2v) is 8.24. The smallest absolute Gasteiger partial charge is 0.247 e. The molecule has 2 amide bonds. The first-order chi connectivity index (χ1) is 14.0. The van der Waals surface area contributed by atoms with Gasteiger partial charge < -0.3 is 10.6 Å². The molecule has 29 heavy (non-hydrogen) atoms. The molecule has 2 N–H and O–H groups in total. The molecule has 1 atom stereocenters. The molecule has 5 heteroatoms. The Hall–Kier alpha value is -2.79. The van der Waals surface area contributed by atoms with Gasteiger partial charge in [-0.2, -0.15) is 0 Å². The monoisotopic (exact) mass is 406 g/mol. The van der Waals surface area contributed by atoms with Crippen LogP contribution in [0.2, 0.25) is 0 Å². The number of nitrogens with one attached hydrogen (secondary N) is 2. The second-order valence-electron chi connectivity index (χ2n) is 7.37. The third kappa shape index (κ3) is 5.61. The molecule has 0 spiro atoms. The van der Waals surface area contributed by atoms with Gasteiger partial charge in [0.2, 0.25) is 11.8 Å². The second kappa shape index (κ2) is 9.61. The van der Waals surface area contributed by atoms with E-state index < -0.39 is 6.04 Å². The molecule has 0 fully saturated rings. The number of rotatable bonds is 7. The van der Waals surface area contributed by atoms with Crippen molar-refractivity contribution in [3.05, 3.63) is 72.3 Å². The first-order valence-corrected chi connectivity index (χ1v) is 10.9. The van der Waals surface area contributed by atoms with E-state index in [9.17, 15) is 9.59 Å². The Bertz CT molecular complexity index is 999. The highest BCUT2D eigenvalue weighted by Crippen LogP contribution is 2.19.